The van der Waals surface area contributed by atoms with E-state index in [2.05, 4.69) is 34.9 Å². The first kappa shape index (κ1) is 14.1. The zero-order valence-electron chi connectivity index (χ0n) is 12.1. The number of ether oxygens (including phenoxy) is 1. The van der Waals surface area contributed by atoms with Crippen molar-refractivity contribution in [2.45, 2.75) is 20.3 Å². The van der Waals surface area contributed by atoms with Gasteiger partial charge < -0.3 is 9.64 Å². The Morgan fingerprint density at radius 1 is 1.19 bits per heavy atom. The zero-order chi connectivity index (χ0) is 14.8. The van der Waals surface area contributed by atoms with Crippen LogP contribution in [0.3, 0.4) is 0 Å². The number of aromatic nitrogens is 3. The van der Waals surface area contributed by atoms with Gasteiger partial charge in [0.1, 0.15) is 5.75 Å². The zero-order valence-corrected chi connectivity index (χ0v) is 12.9. The Morgan fingerprint density at radius 2 is 2.00 bits per heavy atom. The van der Waals surface area contributed by atoms with Gasteiger partial charge in [0, 0.05) is 19.5 Å². The maximum atomic E-state index is 6.08. The summed E-state index contributed by atoms with van der Waals surface area (Å²) in [6.07, 6.45) is 0.922. The minimum Gasteiger partial charge on any atom is -0.492 e. The molecule has 6 heteroatoms. The quantitative estimate of drug-likeness (QED) is 0.869. The number of benzene rings is 1. The summed E-state index contributed by atoms with van der Waals surface area (Å²) in [7, 11) is 0. The van der Waals surface area contributed by atoms with E-state index in [4.69, 9.17) is 16.3 Å². The molecule has 1 aromatic carbocycles. The molecule has 0 fully saturated rings. The first-order valence-electron chi connectivity index (χ1n) is 7.14. The summed E-state index contributed by atoms with van der Waals surface area (Å²) < 4.78 is 5.72. The highest BCUT2D eigenvalue weighted by Crippen LogP contribution is 2.35. The molecular weight excluding hydrogens is 288 g/mol. The first-order chi connectivity index (χ1) is 10.2. The molecule has 0 amide bonds. The maximum absolute atomic E-state index is 6.08. The Kier molecular flexibility index (Phi) is 3.92. The molecule has 0 saturated carbocycles. The monoisotopic (exact) mass is 304 g/mol. The van der Waals surface area contributed by atoms with Gasteiger partial charge in [-0.25, -0.2) is 0 Å². The molecule has 0 saturated heterocycles. The molecule has 1 aliphatic rings. The van der Waals surface area contributed by atoms with E-state index in [-0.39, 0.29) is 5.28 Å². The fourth-order valence-electron chi connectivity index (χ4n) is 2.50. The van der Waals surface area contributed by atoms with Crippen LogP contribution in [0.5, 0.6) is 5.75 Å². The summed E-state index contributed by atoms with van der Waals surface area (Å²) in [6.45, 7) is 6.46. The average Bonchev–Trinajstić information content (AvgIpc) is 2.96. The van der Waals surface area contributed by atoms with Crippen LogP contribution in [-0.4, -0.2) is 34.6 Å². The molecule has 1 aliphatic heterocycles. The molecule has 3 rings (SSSR count). The molecule has 0 N–H and O–H groups in total. The van der Waals surface area contributed by atoms with Crippen molar-refractivity contribution < 1.29 is 4.74 Å². The van der Waals surface area contributed by atoms with Crippen molar-refractivity contribution in [3.8, 4) is 17.1 Å². The molecule has 0 radical (unpaired) electrons. The van der Waals surface area contributed by atoms with Gasteiger partial charge in [-0.1, -0.05) is 12.1 Å². The van der Waals surface area contributed by atoms with Crippen molar-refractivity contribution in [3.63, 3.8) is 0 Å². The summed E-state index contributed by atoms with van der Waals surface area (Å²) in [6, 6.07) is 6.03. The molecule has 110 valence electrons. The standard InChI is InChI=1S/C15H17ClN4O/c1-3-20(4-2)15-18-13(17-14(16)19-15)11-7-5-6-10-8-9-21-12(10)11/h5-7H,3-4,8-9H2,1-2H3. The van der Waals surface area contributed by atoms with Gasteiger partial charge in [-0.3, -0.25) is 0 Å². The predicted molar refractivity (Wildman–Crippen MR) is 83.0 cm³/mol. The average molecular weight is 305 g/mol. The van der Waals surface area contributed by atoms with Crippen LogP contribution in [-0.2, 0) is 6.42 Å². The highest BCUT2D eigenvalue weighted by atomic mass is 35.5. The largest absolute Gasteiger partial charge is 0.492 e. The van der Waals surface area contributed by atoms with Crippen molar-refractivity contribution in [1.82, 2.24) is 15.0 Å². The fourth-order valence-corrected chi connectivity index (χ4v) is 2.65. The van der Waals surface area contributed by atoms with E-state index in [0.717, 1.165) is 30.8 Å². The van der Waals surface area contributed by atoms with Gasteiger partial charge in [-0.2, -0.15) is 15.0 Å². The van der Waals surface area contributed by atoms with E-state index in [1.807, 2.05) is 17.0 Å². The minimum absolute atomic E-state index is 0.206. The van der Waals surface area contributed by atoms with Crippen molar-refractivity contribution in [2.75, 3.05) is 24.6 Å². The van der Waals surface area contributed by atoms with Crippen LogP contribution in [0, 0.1) is 0 Å². The van der Waals surface area contributed by atoms with E-state index in [0.29, 0.717) is 18.4 Å². The van der Waals surface area contributed by atoms with Crippen LogP contribution in [0.4, 0.5) is 5.95 Å². The lowest BCUT2D eigenvalue weighted by atomic mass is 10.1. The normalized spacial score (nSPS) is 12.9. The van der Waals surface area contributed by atoms with Crippen molar-refractivity contribution in [1.29, 1.82) is 0 Å². The third-order valence-electron chi connectivity index (χ3n) is 3.60. The predicted octanol–water partition coefficient (Wildman–Crippen LogP) is 2.97. The second-order valence-electron chi connectivity index (χ2n) is 4.79. The van der Waals surface area contributed by atoms with E-state index < -0.39 is 0 Å². The highest BCUT2D eigenvalue weighted by molar-refractivity contribution is 6.28. The molecule has 0 atom stereocenters. The van der Waals surface area contributed by atoms with Gasteiger partial charge in [0.15, 0.2) is 5.82 Å². The highest BCUT2D eigenvalue weighted by Gasteiger charge is 2.20. The summed E-state index contributed by atoms with van der Waals surface area (Å²) >= 11 is 6.08. The lowest BCUT2D eigenvalue weighted by Crippen LogP contribution is -2.24. The Balaban J connectivity index is 2.09. The number of para-hydroxylation sites is 1. The van der Waals surface area contributed by atoms with Crippen LogP contribution in [0.15, 0.2) is 18.2 Å². The van der Waals surface area contributed by atoms with Crippen LogP contribution in [0.2, 0.25) is 5.28 Å². The number of anilines is 1. The Morgan fingerprint density at radius 3 is 2.76 bits per heavy atom. The molecule has 1 aromatic heterocycles. The van der Waals surface area contributed by atoms with Gasteiger partial charge in [0.05, 0.1) is 12.2 Å². The van der Waals surface area contributed by atoms with E-state index in [9.17, 15) is 0 Å². The number of rotatable bonds is 4. The SMILES string of the molecule is CCN(CC)c1nc(Cl)nc(-c2cccc3c2OCC3)n1. The summed E-state index contributed by atoms with van der Waals surface area (Å²) in [5.74, 6) is 2.03. The van der Waals surface area contributed by atoms with Crippen LogP contribution < -0.4 is 9.64 Å². The second kappa shape index (κ2) is 5.85. The molecule has 21 heavy (non-hydrogen) atoms. The smallest absolute Gasteiger partial charge is 0.230 e. The molecule has 0 spiro atoms. The molecule has 0 aliphatic carbocycles. The van der Waals surface area contributed by atoms with Crippen LogP contribution >= 0.6 is 11.6 Å². The third-order valence-corrected chi connectivity index (χ3v) is 3.77. The molecule has 2 aromatic rings. The minimum atomic E-state index is 0.206. The molecule has 0 bridgehead atoms. The number of fused-ring (bicyclic) bond motifs is 1. The molecule has 5 nitrogen and oxygen atoms in total. The summed E-state index contributed by atoms with van der Waals surface area (Å²) in [5.41, 5.74) is 2.07. The van der Waals surface area contributed by atoms with Crippen LogP contribution in [0.25, 0.3) is 11.4 Å². The third kappa shape index (κ3) is 2.65. The van der Waals surface area contributed by atoms with Crippen molar-refractivity contribution in [3.05, 3.63) is 29.0 Å². The van der Waals surface area contributed by atoms with Gasteiger partial charge in [-0.05, 0) is 37.1 Å². The number of hydrogen-bond acceptors (Lipinski definition) is 5. The summed E-state index contributed by atoms with van der Waals surface area (Å²) in [4.78, 5) is 15.1. The van der Waals surface area contributed by atoms with E-state index in [1.165, 1.54) is 5.56 Å². The fraction of sp³-hybridized carbons (Fsp3) is 0.400. The van der Waals surface area contributed by atoms with Crippen molar-refractivity contribution >= 4 is 17.5 Å². The topological polar surface area (TPSA) is 51.1 Å². The Labute approximate surface area is 129 Å². The summed E-state index contributed by atoms with van der Waals surface area (Å²) in [5, 5.41) is 0.206. The van der Waals surface area contributed by atoms with Gasteiger partial charge in [-0.15, -0.1) is 0 Å². The van der Waals surface area contributed by atoms with Gasteiger partial charge >= 0.3 is 0 Å². The molecule has 2 heterocycles. The lowest BCUT2D eigenvalue weighted by Gasteiger charge is -2.19. The molecular formula is C15H17ClN4O. The Bertz CT molecular complexity index is 658. The lowest BCUT2D eigenvalue weighted by molar-refractivity contribution is 0.358. The van der Waals surface area contributed by atoms with Gasteiger partial charge in [0.25, 0.3) is 0 Å². The maximum Gasteiger partial charge on any atom is 0.230 e. The number of halogens is 1. The number of hydrogen-bond donors (Lipinski definition) is 0. The van der Waals surface area contributed by atoms with Crippen LogP contribution in [0.1, 0.15) is 19.4 Å². The second-order valence-corrected chi connectivity index (χ2v) is 5.13. The Hall–Kier alpha value is -1.88. The first-order valence-corrected chi connectivity index (χ1v) is 7.52. The molecule has 0 unspecified atom stereocenters. The number of nitrogens with zero attached hydrogens (tertiary/aromatic N) is 4. The van der Waals surface area contributed by atoms with Crippen molar-refractivity contribution in [2.24, 2.45) is 0 Å². The van der Waals surface area contributed by atoms with E-state index in [1.54, 1.807) is 0 Å². The van der Waals surface area contributed by atoms with Gasteiger partial charge in [0.2, 0.25) is 11.2 Å². The van der Waals surface area contributed by atoms with E-state index >= 15 is 0 Å².